The lowest BCUT2D eigenvalue weighted by atomic mass is 10.1. The minimum absolute atomic E-state index is 0.0150. The van der Waals surface area contributed by atoms with Crippen molar-refractivity contribution >= 4 is 15.7 Å². The molecule has 1 amide bonds. The highest BCUT2D eigenvalue weighted by Crippen LogP contribution is 2.28. The van der Waals surface area contributed by atoms with Crippen molar-refractivity contribution in [2.24, 2.45) is 0 Å². The Morgan fingerprint density at radius 2 is 2.04 bits per heavy atom. The number of carbonyl (C=O) groups is 1. The first-order chi connectivity index (χ1) is 12.4. The molecule has 26 heavy (non-hydrogen) atoms. The molecule has 7 nitrogen and oxygen atoms in total. The van der Waals surface area contributed by atoms with Crippen LogP contribution in [0.5, 0.6) is 0 Å². The Kier molecular flexibility index (Phi) is 5.43. The van der Waals surface area contributed by atoms with Crippen molar-refractivity contribution in [2.45, 2.75) is 26.1 Å². The topological polar surface area (TPSA) is 81.5 Å². The zero-order valence-corrected chi connectivity index (χ0v) is 15.8. The molecule has 3 rings (SSSR count). The van der Waals surface area contributed by atoms with Gasteiger partial charge in [0.2, 0.25) is 0 Å². The molecule has 1 aliphatic heterocycles. The van der Waals surface area contributed by atoms with Crippen LogP contribution in [0.1, 0.15) is 34.5 Å². The van der Waals surface area contributed by atoms with Crippen LogP contribution in [0, 0.1) is 0 Å². The van der Waals surface area contributed by atoms with E-state index in [4.69, 9.17) is 4.74 Å². The maximum Gasteiger partial charge on any atom is 0.254 e. The molecule has 1 aromatic heterocycles. The van der Waals surface area contributed by atoms with E-state index in [1.165, 1.54) is 0 Å². The third-order valence-corrected chi connectivity index (χ3v) is 6.19. The van der Waals surface area contributed by atoms with Gasteiger partial charge >= 0.3 is 0 Å². The van der Waals surface area contributed by atoms with Crippen LogP contribution in [0.25, 0.3) is 0 Å². The lowest BCUT2D eigenvalue weighted by Gasteiger charge is -2.35. The zero-order valence-electron chi connectivity index (χ0n) is 15.0. The van der Waals surface area contributed by atoms with Gasteiger partial charge in [-0.2, -0.15) is 5.10 Å². The second-order valence-electron chi connectivity index (χ2n) is 6.39. The molecule has 140 valence electrons. The van der Waals surface area contributed by atoms with E-state index in [-0.39, 0.29) is 24.0 Å². The lowest BCUT2D eigenvalue weighted by molar-refractivity contribution is 0.0697. The molecule has 1 unspecified atom stereocenters. The number of hydrogen-bond donors (Lipinski definition) is 0. The SMILES string of the molecule is CCn1cc(C2CS(=O)(=O)CCN2C(=O)c2ccc(COC)cc2)cn1. The third kappa shape index (κ3) is 3.96. The van der Waals surface area contributed by atoms with Gasteiger partial charge < -0.3 is 9.64 Å². The van der Waals surface area contributed by atoms with Crippen LogP contribution in [0.4, 0.5) is 0 Å². The largest absolute Gasteiger partial charge is 0.380 e. The Balaban J connectivity index is 1.88. The maximum atomic E-state index is 13.0. The van der Waals surface area contributed by atoms with Gasteiger partial charge in [0.05, 0.1) is 30.4 Å². The van der Waals surface area contributed by atoms with Crippen molar-refractivity contribution in [1.29, 1.82) is 0 Å². The highest BCUT2D eigenvalue weighted by Gasteiger charge is 2.36. The summed E-state index contributed by atoms with van der Waals surface area (Å²) < 4.78 is 31.1. The Hall–Kier alpha value is -2.19. The van der Waals surface area contributed by atoms with Gasteiger partial charge in [0.25, 0.3) is 5.91 Å². The number of nitrogens with zero attached hydrogens (tertiary/aromatic N) is 3. The van der Waals surface area contributed by atoms with Crippen LogP contribution in [0.15, 0.2) is 36.7 Å². The summed E-state index contributed by atoms with van der Waals surface area (Å²) in [7, 11) is -1.57. The monoisotopic (exact) mass is 377 g/mol. The minimum atomic E-state index is -3.19. The summed E-state index contributed by atoms with van der Waals surface area (Å²) >= 11 is 0. The molecule has 1 aliphatic rings. The van der Waals surface area contributed by atoms with E-state index in [0.29, 0.717) is 18.7 Å². The second kappa shape index (κ2) is 7.59. The average Bonchev–Trinajstić information content (AvgIpc) is 3.10. The number of hydrogen-bond acceptors (Lipinski definition) is 5. The first-order valence-electron chi connectivity index (χ1n) is 8.55. The highest BCUT2D eigenvalue weighted by molar-refractivity contribution is 7.91. The molecular formula is C18H23N3O4S. The van der Waals surface area contributed by atoms with Crippen LogP contribution in [0.3, 0.4) is 0 Å². The summed E-state index contributed by atoms with van der Waals surface area (Å²) in [5, 5.41) is 4.23. The fraction of sp³-hybridized carbons (Fsp3) is 0.444. The summed E-state index contributed by atoms with van der Waals surface area (Å²) in [4.78, 5) is 14.7. The molecule has 0 N–H and O–H groups in total. The van der Waals surface area contributed by atoms with Crippen LogP contribution in [-0.2, 0) is 27.7 Å². The van der Waals surface area contributed by atoms with E-state index in [2.05, 4.69) is 5.10 Å². The number of aromatic nitrogens is 2. The molecule has 1 aromatic carbocycles. The molecule has 2 aromatic rings. The van der Waals surface area contributed by atoms with E-state index >= 15 is 0 Å². The number of ether oxygens (including phenoxy) is 1. The number of rotatable bonds is 5. The first kappa shape index (κ1) is 18.6. The molecule has 1 saturated heterocycles. The summed E-state index contributed by atoms with van der Waals surface area (Å²) in [5.41, 5.74) is 2.27. The van der Waals surface area contributed by atoms with Crippen LogP contribution in [0.2, 0.25) is 0 Å². The summed E-state index contributed by atoms with van der Waals surface area (Å²) in [6.45, 7) is 3.31. The summed E-state index contributed by atoms with van der Waals surface area (Å²) in [5.74, 6) is -0.257. The lowest BCUT2D eigenvalue weighted by Crippen LogP contribution is -2.46. The molecule has 1 atom stereocenters. The van der Waals surface area contributed by atoms with E-state index in [1.54, 1.807) is 35.0 Å². The van der Waals surface area contributed by atoms with E-state index in [0.717, 1.165) is 11.1 Å². The van der Waals surface area contributed by atoms with Gasteiger partial charge in [0, 0.05) is 37.5 Å². The fourth-order valence-electron chi connectivity index (χ4n) is 3.13. The molecule has 1 fully saturated rings. The van der Waals surface area contributed by atoms with Crippen molar-refractivity contribution in [3.05, 3.63) is 53.3 Å². The summed E-state index contributed by atoms with van der Waals surface area (Å²) in [6, 6.07) is 6.70. The van der Waals surface area contributed by atoms with Crippen molar-refractivity contribution in [2.75, 3.05) is 25.2 Å². The van der Waals surface area contributed by atoms with Crippen LogP contribution < -0.4 is 0 Å². The van der Waals surface area contributed by atoms with Crippen LogP contribution in [-0.4, -0.2) is 54.2 Å². The fourth-order valence-corrected chi connectivity index (χ4v) is 4.62. The number of carbonyl (C=O) groups excluding carboxylic acids is 1. The number of amides is 1. The third-order valence-electron chi connectivity index (χ3n) is 4.57. The molecule has 0 saturated carbocycles. The Bertz CT molecular complexity index is 874. The molecule has 2 heterocycles. The van der Waals surface area contributed by atoms with E-state index in [1.807, 2.05) is 25.3 Å². The predicted molar refractivity (Wildman–Crippen MR) is 97.5 cm³/mol. The molecule has 0 bridgehead atoms. The number of aryl methyl sites for hydroxylation is 1. The van der Waals surface area contributed by atoms with Gasteiger partial charge in [-0.1, -0.05) is 12.1 Å². The van der Waals surface area contributed by atoms with Crippen molar-refractivity contribution in [3.63, 3.8) is 0 Å². The smallest absolute Gasteiger partial charge is 0.254 e. The van der Waals surface area contributed by atoms with Gasteiger partial charge in [-0.25, -0.2) is 8.42 Å². The van der Waals surface area contributed by atoms with Crippen LogP contribution >= 0.6 is 0 Å². The van der Waals surface area contributed by atoms with E-state index in [9.17, 15) is 13.2 Å². The molecular weight excluding hydrogens is 354 g/mol. The van der Waals surface area contributed by atoms with Gasteiger partial charge in [-0.3, -0.25) is 9.48 Å². The highest BCUT2D eigenvalue weighted by atomic mass is 32.2. The number of methoxy groups -OCH3 is 1. The quantitative estimate of drug-likeness (QED) is 0.792. The number of benzene rings is 1. The Labute approximate surface area is 153 Å². The van der Waals surface area contributed by atoms with Crippen molar-refractivity contribution in [3.8, 4) is 0 Å². The van der Waals surface area contributed by atoms with E-state index < -0.39 is 15.9 Å². The minimum Gasteiger partial charge on any atom is -0.380 e. The average molecular weight is 377 g/mol. The van der Waals surface area contributed by atoms with Gasteiger partial charge in [0.1, 0.15) is 0 Å². The summed E-state index contributed by atoms with van der Waals surface area (Å²) in [6.07, 6.45) is 3.46. The predicted octanol–water partition coefficient (Wildman–Crippen LogP) is 1.66. The van der Waals surface area contributed by atoms with Gasteiger partial charge in [-0.05, 0) is 24.6 Å². The number of sulfone groups is 1. The normalized spacial score (nSPS) is 19.5. The zero-order chi connectivity index (χ0) is 18.7. The second-order valence-corrected chi connectivity index (χ2v) is 8.62. The maximum absolute atomic E-state index is 13.0. The standard InChI is InChI=1S/C18H23N3O4S/c1-3-20-11-16(10-19-20)17-13-26(23,24)9-8-21(17)18(22)15-6-4-14(5-7-15)12-25-2/h4-7,10-11,17H,3,8-9,12-13H2,1-2H3. The Morgan fingerprint density at radius 1 is 1.31 bits per heavy atom. The van der Waals surface area contributed by atoms with Crippen molar-refractivity contribution < 1.29 is 17.9 Å². The molecule has 0 spiro atoms. The Morgan fingerprint density at radius 3 is 2.65 bits per heavy atom. The first-order valence-corrected chi connectivity index (χ1v) is 10.4. The van der Waals surface area contributed by atoms with Crippen molar-refractivity contribution in [1.82, 2.24) is 14.7 Å². The van der Waals surface area contributed by atoms with Gasteiger partial charge in [0.15, 0.2) is 9.84 Å². The molecule has 0 aliphatic carbocycles. The molecule has 8 heteroatoms. The van der Waals surface area contributed by atoms with Gasteiger partial charge in [-0.15, -0.1) is 0 Å². The molecule has 0 radical (unpaired) electrons.